The molecule has 2 aromatic rings. The summed E-state index contributed by atoms with van der Waals surface area (Å²) in [6, 6.07) is 17.3. The summed E-state index contributed by atoms with van der Waals surface area (Å²) in [6.45, 7) is 6.03. The summed E-state index contributed by atoms with van der Waals surface area (Å²) in [6.07, 6.45) is 3.29. The van der Waals surface area contributed by atoms with Crippen LogP contribution in [0, 0.1) is 0 Å². The third-order valence-electron chi connectivity index (χ3n) is 7.27. The molecule has 0 spiro atoms. The van der Waals surface area contributed by atoms with Gasteiger partial charge in [-0.2, -0.15) is 13.2 Å². The van der Waals surface area contributed by atoms with Gasteiger partial charge in [-0.15, -0.1) is 0 Å². The van der Waals surface area contributed by atoms with Gasteiger partial charge in [-0.05, 0) is 49.1 Å². The molecule has 2 aliphatic rings. The molecule has 1 aliphatic carbocycles. The van der Waals surface area contributed by atoms with Crippen LogP contribution in [0.3, 0.4) is 0 Å². The molecule has 0 amide bonds. The highest BCUT2D eigenvalue weighted by Crippen LogP contribution is 2.29. The molecule has 1 heterocycles. The van der Waals surface area contributed by atoms with Crippen LogP contribution in [0.5, 0.6) is 0 Å². The van der Waals surface area contributed by atoms with E-state index >= 15 is 0 Å². The Hall–Kier alpha value is -1.89. The second kappa shape index (κ2) is 11.5. The predicted octanol–water partition coefficient (Wildman–Crippen LogP) is 5.53. The molecule has 1 unspecified atom stereocenters. The molecule has 1 aliphatic heterocycles. The molecule has 4 rings (SSSR count). The first kappa shape index (κ1) is 24.2. The zero-order chi connectivity index (χ0) is 23.1. The SMILES string of the molecule is FC(F)(F)c1ccc(CCNCC(c2ccccc2)N2CCN(C3CCCCC3)CC2)cc1. The van der Waals surface area contributed by atoms with Gasteiger partial charge in [0.25, 0.3) is 0 Å². The van der Waals surface area contributed by atoms with Crippen LogP contribution in [0.25, 0.3) is 0 Å². The summed E-state index contributed by atoms with van der Waals surface area (Å²) in [4.78, 5) is 5.30. The quantitative estimate of drug-likeness (QED) is 0.524. The van der Waals surface area contributed by atoms with Crippen LogP contribution in [0.2, 0.25) is 0 Å². The van der Waals surface area contributed by atoms with Crippen LogP contribution in [0.4, 0.5) is 13.2 Å². The second-order valence-corrected chi connectivity index (χ2v) is 9.44. The number of alkyl halides is 3. The molecule has 180 valence electrons. The fourth-order valence-corrected chi connectivity index (χ4v) is 5.33. The maximum absolute atomic E-state index is 12.8. The Kier molecular flexibility index (Phi) is 8.45. The minimum absolute atomic E-state index is 0.312. The van der Waals surface area contributed by atoms with Crippen molar-refractivity contribution < 1.29 is 13.2 Å². The fraction of sp³-hybridized carbons (Fsp3) is 0.556. The van der Waals surface area contributed by atoms with E-state index in [-0.39, 0.29) is 0 Å². The molecule has 1 saturated carbocycles. The van der Waals surface area contributed by atoms with Gasteiger partial charge in [0.15, 0.2) is 0 Å². The maximum atomic E-state index is 12.8. The molecule has 0 bridgehead atoms. The monoisotopic (exact) mass is 459 g/mol. The van der Waals surface area contributed by atoms with Crippen molar-refractivity contribution in [1.82, 2.24) is 15.1 Å². The lowest BCUT2D eigenvalue weighted by atomic mass is 9.93. The molecular weight excluding hydrogens is 423 g/mol. The van der Waals surface area contributed by atoms with Crippen molar-refractivity contribution in [1.29, 1.82) is 0 Å². The minimum atomic E-state index is -4.28. The number of hydrogen-bond acceptors (Lipinski definition) is 3. The molecule has 6 heteroatoms. The third-order valence-corrected chi connectivity index (χ3v) is 7.27. The smallest absolute Gasteiger partial charge is 0.314 e. The van der Waals surface area contributed by atoms with Crippen LogP contribution in [0.15, 0.2) is 54.6 Å². The van der Waals surface area contributed by atoms with E-state index in [1.54, 1.807) is 12.1 Å². The number of halogens is 3. The highest BCUT2D eigenvalue weighted by atomic mass is 19.4. The Morgan fingerprint density at radius 1 is 0.848 bits per heavy atom. The normalized spacial score (nSPS) is 20.1. The Morgan fingerprint density at radius 3 is 2.15 bits per heavy atom. The number of nitrogens with one attached hydrogen (secondary N) is 1. The average Bonchev–Trinajstić information content (AvgIpc) is 2.85. The fourth-order valence-electron chi connectivity index (χ4n) is 5.33. The first-order valence-electron chi connectivity index (χ1n) is 12.4. The van der Waals surface area contributed by atoms with Crippen molar-refractivity contribution in [2.75, 3.05) is 39.3 Å². The van der Waals surface area contributed by atoms with Crippen LogP contribution in [-0.4, -0.2) is 55.1 Å². The van der Waals surface area contributed by atoms with E-state index in [4.69, 9.17) is 0 Å². The number of rotatable bonds is 8. The number of hydrogen-bond donors (Lipinski definition) is 1. The summed E-state index contributed by atoms with van der Waals surface area (Å²) in [5.41, 5.74) is 1.66. The molecule has 1 atom stereocenters. The van der Waals surface area contributed by atoms with Crippen LogP contribution < -0.4 is 5.32 Å². The molecule has 0 radical (unpaired) electrons. The van der Waals surface area contributed by atoms with Crippen LogP contribution in [0.1, 0.15) is 54.8 Å². The van der Waals surface area contributed by atoms with E-state index in [9.17, 15) is 13.2 Å². The van der Waals surface area contributed by atoms with Gasteiger partial charge < -0.3 is 5.32 Å². The zero-order valence-corrected chi connectivity index (χ0v) is 19.4. The first-order valence-corrected chi connectivity index (χ1v) is 12.4. The molecule has 1 saturated heterocycles. The maximum Gasteiger partial charge on any atom is 0.416 e. The standard InChI is InChI=1S/C27H36F3N3/c28-27(29,30)24-13-11-22(12-14-24)15-16-31-21-26(23-7-3-1-4-8-23)33-19-17-32(18-20-33)25-9-5-2-6-10-25/h1,3-4,7-8,11-14,25-26,31H,2,5-6,9-10,15-21H2. The van der Waals surface area contributed by atoms with E-state index in [1.807, 2.05) is 0 Å². The zero-order valence-electron chi connectivity index (χ0n) is 19.4. The second-order valence-electron chi connectivity index (χ2n) is 9.44. The van der Waals surface area contributed by atoms with Crippen molar-refractivity contribution >= 4 is 0 Å². The van der Waals surface area contributed by atoms with Gasteiger partial charge in [-0.1, -0.05) is 61.7 Å². The van der Waals surface area contributed by atoms with Gasteiger partial charge in [-0.3, -0.25) is 9.80 Å². The Bertz CT molecular complexity index is 824. The first-order chi connectivity index (χ1) is 16.0. The van der Waals surface area contributed by atoms with E-state index in [0.717, 1.165) is 57.3 Å². The molecule has 1 N–H and O–H groups in total. The molecular formula is C27H36F3N3. The molecule has 0 aromatic heterocycles. The molecule has 33 heavy (non-hydrogen) atoms. The Labute approximate surface area is 196 Å². The summed E-state index contributed by atoms with van der Waals surface area (Å²) >= 11 is 0. The van der Waals surface area contributed by atoms with Gasteiger partial charge >= 0.3 is 6.18 Å². The summed E-state index contributed by atoms with van der Waals surface area (Å²) < 4.78 is 38.3. The van der Waals surface area contributed by atoms with Gasteiger partial charge in [0, 0.05) is 44.8 Å². The van der Waals surface area contributed by atoms with Crippen molar-refractivity contribution in [3.63, 3.8) is 0 Å². The van der Waals surface area contributed by atoms with Crippen LogP contribution in [-0.2, 0) is 12.6 Å². The Balaban J connectivity index is 1.29. The summed E-state index contributed by atoms with van der Waals surface area (Å²) in [5.74, 6) is 0. The van der Waals surface area contributed by atoms with E-state index in [1.165, 1.54) is 49.8 Å². The Morgan fingerprint density at radius 2 is 1.52 bits per heavy atom. The molecule has 2 aromatic carbocycles. The largest absolute Gasteiger partial charge is 0.416 e. The van der Waals surface area contributed by atoms with Gasteiger partial charge in [0.05, 0.1) is 5.56 Å². The summed E-state index contributed by atoms with van der Waals surface area (Å²) in [5, 5.41) is 3.57. The van der Waals surface area contributed by atoms with Crippen molar-refractivity contribution in [3.8, 4) is 0 Å². The highest BCUT2D eigenvalue weighted by molar-refractivity contribution is 5.25. The van der Waals surface area contributed by atoms with Crippen LogP contribution >= 0.6 is 0 Å². The van der Waals surface area contributed by atoms with Gasteiger partial charge in [0.1, 0.15) is 0 Å². The third kappa shape index (κ3) is 6.81. The van der Waals surface area contributed by atoms with E-state index in [2.05, 4.69) is 45.4 Å². The predicted molar refractivity (Wildman–Crippen MR) is 127 cm³/mol. The number of piperazine rings is 1. The van der Waals surface area contributed by atoms with Crippen molar-refractivity contribution in [2.45, 2.75) is 56.8 Å². The highest BCUT2D eigenvalue weighted by Gasteiger charge is 2.30. The van der Waals surface area contributed by atoms with Crippen molar-refractivity contribution in [2.24, 2.45) is 0 Å². The van der Waals surface area contributed by atoms with Gasteiger partial charge in [-0.25, -0.2) is 0 Å². The van der Waals surface area contributed by atoms with E-state index < -0.39 is 11.7 Å². The van der Waals surface area contributed by atoms with E-state index in [0.29, 0.717) is 6.04 Å². The molecule has 3 nitrogen and oxygen atoms in total. The lowest BCUT2D eigenvalue weighted by Gasteiger charge is -2.43. The van der Waals surface area contributed by atoms with Crippen molar-refractivity contribution in [3.05, 3.63) is 71.3 Å². The topological polar surface area (TPSA) is 18.5 Å². The molecule has 2 fully saturated rings. The minimum Gasteiger partial charge on any atom is -0.314 e. The average molecular weight is 460 g/mol. The number of benzene rings is 2. The number of nitrogens with zero attached hydrogens (tertiary/aromatic N) is 2. The lowest BCUT2D eigenvalue weighted by Crippen LogP contribution is -2.52. The van der Waals surface area contributed by atoms with Gasteiger partial charge in [0.2, 0.25) is 0 Å². The lowest BCUT2D eigenvalue weighted by molar-refractivity contribution is -0.137. The summed E-state index contributed by atoms with van der Waals surface area (Å²) in [7, 11) is 0.